The maximum Gasteiger partial charge on any atom is 0.123 e. The van der Waals surface area contributed by atoms with Crippen molar-refractivity contribution in [3.63, 3.8) is 0 Å². The third-order valence-corrected chi connectivity index (χ3v) is 4.95. The average molecular weight is 385 g/mol. The third kappa shape index (κ3) is 14.6. The first-order valence-electron chi connectivity index (χ1n) is 10.3. The molecule has 0 fully saturated rings. The zero-order valence-corrected chi connectivity index (χ0v) is 17.3. The van der Waals surface area contributed by atoms with E-state index in [9.17, 15) is 4.39 Å². The van der Waals surface area contributed by atoms with Gasteiger partial charge in [-0.25, -0.2) is 4.39 Å². The highest BCUT2D eigenvalue weighted by molar-refractivity contribution is 7.93. The highest BCUT2D eigenvalue weighted by atomic mass is 32.2. The normalized spacial score (nSPS) is 11.2. The summed E-state index contributed by atoms with van der Waals surface area (Å²) in [7, 11) is 0. The molecule has 0 bridgehead atoms. The van der Waals surface area contributed by atoms with Crippen LogP contribution in [0.15, 0.2) is 24.3 Å². The summed E-state index contributed by atoms with van der Waals surface area (Å²) in [4.78, 5) is 0. The van der Waals surface area contributed by atoms with Crippen LogP contribution < -0.4 is 0 Å². The van der Waals surface area contributed by atoms with Crippen molar-refractivity contribution >= 4 is 12.0 Å². The summed E-state index contributed by atoms with van der Waals surface area (Å²) in [6.07, 6.45) is 17.1. The van der Waals surface area contributed by atoms with Crippen molar-refractivity contribution in [2.75, 3.05) is 26.1 Å². The van der Waals surface area contributed by atoms with Gasteiger partial charge in [0.1, 0.15) is 5.82 Å². The second-order valence-corrected chi connectivity index (χ2v) is 7.44. The number of ether oxygens (including phenoxy) is 1. The molecule has 2 nitrogen and oxygen atoms in total. The Morgan fingerprint density at radius 1 is 0.692 bits per heavy atom. The summed E-state index contributed by atoms with van der Waals surface area (Å²) in [5.41, 5.74) is 1.25. The molecule has 26 heavy (non-hydrogen) atoms. The first-order valence-corrected chi connectivity index (χ1v) is 11.5. The molecule has 150 valence electrons. The molecule has 0 saturated carbocycles. The Morgan fingerprint density at radius 2 is 1.23 bits per heavy atom. The fourth-order valence-corrected chi connectivity index (χ4v) is 3.29. The van der Waals surface area contributed by atoms with Gasteiger partial charge in [0, 0.05) is 19.5 Å². The molecule has 0 saturated heterocycles. The van der Waals surface area contributed by atoms with Gasteiger partial charge in [0.15, 0.2) is 0 Å². The summed E-state index contributed by atoms with van der Waals surface area (Å²) >= 11 is 1.42. The molecule has 0 aliphatic rings. The predicted molar refractivity (Wildman–Crippen MR) is 111 cm³/mol. The van der Waals surface area contributed by atoms with Gasteiger partial charge in [-0.15, -0.1) is 0 Å². The van der Waals surface area contributed by atoms with Crippen LogP contribution in [0.25, 0.3) is 0 Å². The number of benzene rings is 1. The van der Waals surface area contributed by atoms with Gasteiger partial charge >= 0.3 is 0 Å². The summed E-state index contributed by atoms with van der Waals surface area (Å²) in [6.45, 7) is 2.50. The molecular formula is C22H37FO2S. The SMILES string of the molecule is CSOCCCOCCCCCCCCCCCCc1ccc(F)cc1. The maximum atomic E-state index is 12.8. The lowest BCUT2D eigenvalue weighted by molar-refractivity contribution is 0.118. The molecule has 0 spiro atoms. The predicted octanol–water partition coefficient (Wildman–Crippen LogP) is 6.97. The average Bonchev–Trinajstić information content (AvgIpc) is 2.66. The van der Waals surface area contributed by atoms with E-state index in [0.717, 1.165) is 32.7 Å². The zero-order valence-electron chi connectivity index (χ0n) is 16.5. The molecular weight excluding hydrogens is 347 g/mol. The van der Waals surface area contributed by atoms with E-state index in [1.54, 1.807) is 12.1 Å². The van der Waals surface area contributed by atoms with E-state index < -0.39 is 0 Å². The molecule has 0 unspecified atom stereocenters. The molecule has 0 heterocycles. The maximum absolute atomic E-state index is 12.8. The van der Waals surface area contributed by atoms with Gasteiger partial charge in [-0.2, -0.15) is 0 Å². The molecule has 0 atom stereocenters. The van der Waals surface area contributed by atoms with Gasteiger partial charge < -0.3 is 8.92 Å². The minimum absolute atomic E-state index is 0.141. The van der Waals surface area contributed by atoms with E-state index in [-0.39, 0.29) is 5.82 Å². The summed E-state index contributed by atoms with van der Waals surface area (Å²) in [5, 5.41) is 0. The smallest absolute Gasteiger partial charge is 0.123 e. The van der Waals surface area contributed by atoms with Crippen molar-refractivity contribution in [1.29, 1.82) is 0 Å². The molecule has 1 aromatic carbocycles. The minimum atomic E-state index is -0.141. The van der Waals surface area contributed by atoms with Crippen molar-refractivity contribution in [3.8, 4) is 0 Å². The van der Waals surface area contributed by atoms with Crippen LogP contribution >= 0.6 is 12.0 Å². The first kappa shape index (κ1) is 23.5. The molecule has 0 aliphatic carbocycles. The van der Waals surface area contributed by atoms with Crippen LogP contribution in [-0.2, 0) is 15.3 Å². The van der Waals surface area contributed by atoms with Crippen LogP contribution in [-0.4, -0.2) is 26.1 Å². The first-order chi connectivity index (χ1) is 12.8. The number of hydrogen-bond donors (Lipinski definition) is 0. The van der Waals surface area contributed by atoms with E-state index in [1.807, 2.05) is 18.4 Å². The molecule has 0 radical (unpaired) electrons. The second kappa shape index (κ2) is 17.8. The van der Waals surface area contributed by atoms with E-state index in [1.165, 1.54) is 81.8 Å². The third-order valence-electron chi connectivity index (χ3n) is 4.55. The number of unbranched alkanes of at least 4 members (excludes halogenated alkanes) is 9. The number of rotatable bonds is 18. The van der Waals surface area contributed by atoms with Gasteiger partial charge in [0.25, 0.3) is 0 Å². The van der Waals surface area contributed by atoms with Crippen molar-refractivity contribution in [2.45, 2.75) is 77.0 Å². The van der Waals surface area contributed by atoms with Crippen LogP contribution in [0.2, 0.25) is 0 Å². The molecule has 0 N–H and O–H groups in total. The van der Waals surface area contributed by atoms with Crippen molar-refractivity contribution in [3.05, 3.63) is 35.6 Å². The Hall–Kier alpha value is -0.580. The second-order valence-electron chi connectivity index (χ2n) is 6.87. The Kier molecular flexibility index (Phi) is 16.1. The highest BCUT2D eigenvalue weighted by Gasteiger charge is 1.96. The van der Waals surface area contributed by atoms with Crippen LogP contribution in [0.5, 0.6) is 0 Å². The quantitative estimate of drug-likeness (QED) is 0.201. The highest BCUT2D eigenvalue weighted by Crippen LogP contribution is 2.13. The van der Waals surface area contributed by atoms with Crippen LogP contribution in [0, 0.1) is 5.82 Å². The Morgan fingerprint density at radius 3 is 1.85 bits per heavy atom. The van der Waals surface area contributed by atoms with Gasteiger partial charge in [0.2, 0.25) is 0 Å². The van der Waals surface area contributed by atoms with E-state index >= 15 is 0 Å². The number of aryl methyl sites for hydroxylation is 1. The topological polar surface area (TPSA) is 18.5 Å². The molecule has 0 amide bonds. The van der Waals surface area contributed by atoms with Gasteiger partial charge in [-0.1, -0.05) is 63.5 Å². The summed E-state index contributed by atoms with van der Waals surface area (Å²) in [5.74, 6) is -0.141. The van der Waals surface area contributed by atoms with Crippen LogP contribution in [0.4, 0.5) is 4.39 Å². The summed E-state index contributed by atoms with van der Waals surface area (Å²) in [6, 6.07) is 6.92. The van der Waals surface area contributed by atoms with Crippen LogP contribution in [0.3, 0.4) is 0 Å². The monoisotopic (exact) mass is 384 g/mol. The largest absolute Gasteiger partial charge is 0.381 e. The van der Waals surface area contributed by atoms with E-state index in [2.05, 4.69) is 0 Å². The van der Waals surface area contributed by atoms with Crippen LogP contribution in [0.1, 0.15) is 76.2 Å². The van der Waals surface area contributed by atoms with Crippen molar-refractivity contribution in [1.82, 2.24) is 0 Å². The Balaban J connectivity index is 1.72. The Labute approximate surface area is 164 Å². The fourth-order valence-electron chi connectivity index (χ4n) is 3.00. The van der Waals surface area contributed by atoms with Gasteiger partial charge in [-0.3, -0.25) is 0 Å². The Bertz CT molecular complexity index is 411. The van der Waals surface area contributed by atoms with Gasteiger partial charge in [-0.05, 0) is 55.4 Å². The zero-order chi connectivity index (χ0) is 18.7. The molecule has 4 heteroatoms. The fraction of sp³-hybridized carbons (Fsp3) is 0.727. The van der Waals surface area contributed by atoms with Crippen molar-refractivity contribution in [2.24, 2.45) is 0 Å². The number of hydrogen-bond acceptors (Lipinski definition) is 3. The van der Waals surface area contributed by atoms with Gasteiger partial charge in [0.05, 0.1) is 6.61 Å². The minimum Gasteiger partial charge on any atom is -0.381 e. The molecule has 1 rings (SSSR count). The molecule has 1 aromatic rings. The summed E-state index contributed by atoms with van der Waals surface area (Å²) < 4.78 is 23.6. The molecule has 0 aliphatic heterocycles. The lowest BCUT2D eigenvalue weighted by atomic mass is 10.0. The lowest BCUT2D eigenvalue weighted by Crippen LogP contribution is -1.99. The molecule has 0 aromatic heterocycles. The lowest BCUT2D eigenvalue weighted by Gasteiger charge is -2.05. The number of halogens is 1. The standard InChI is InChI=1S/C22H37FO2S/c1-26-25-20-12-19-24-18-11-9-7-5-3-2-4-6-8-10-13-21-14-16-22(23)17-15-21/h14-17H,2-13,18-20H2,1H3. The van der Waals surface area contributed by atoms with E-state index in [0.29, 0.717) is 0 Å². The van der Waals surface area contributed by atoms with Crippen molar-refractivity contribution < 1.29 is 13.3 Å². The van der Waals surface area contributed by atoms with E-state index in [4.69, 9.17) is 8.92 Å².